The second-order valence-electron chi connectivity index (χ2n) is 6.44. The van der Waals surface area contributed by atoms with E-state index in [9.17, 15) is 9.59 Å². The van der Waals surface area contributed by atoms with E-state index in [4.69, 9.17) is 21.1 Å². The molecule has 0 aliphatic heterocycles. The fourth-order valence-electron chi connectivity index (χ4n) is 1.63. The molecule has 0 aliphatic rings. The van der Waals surface area contributed by atoms with Crippen molar-refractivity contribution in [2.75, 3.05) is 13.2 Å². The predicted molar refractivity (Wildman–Crippen MR) is 94.1 cm³/mol. The Balaban J connectivity index is 3.02. The van der Waals surface area contributed by atoms with Crippen LogP contribution in [0.4, 0.5) is 0 Å². The number of rotatable bonds is 6. The fraction of sp³-hybridized carbons (Fsp3) is 0.529. The van der Waals surface area contributed by atoms with Crippen LogP contribution in [-0.2, 0) is 9.47 Å². The zero-order chi connectivity index (χ0) is 17.6. The number of carbonyl (C=O) groups is 2. The second-order valence-corrected chi connectivity index (χ2v) is 7.70. The molecule has 0 unspecified atom stereocenters. The molecule has 23 heavy (non-hydrogen) atoms. The van der Waals surface area contributed by atoms with Gasteiger partial charge in [-0.2, -0.15) is 0 Å². The van der Waals surface area contributed by atoms with Crippen LogP contribution in [0.2, 0.25) is 5.02 Å². The van der Waals surface area contributed by atoms with Gasteiger partial charge in [-0.3, -0.25) is 0 Å². The maximum Gasteiger partial charge on any atom is 0.339 e. The third-order valence-corrected chi connectivity index (χ3v) is 4.06. The van der Waals surface area contributed by atoms with Crippen LogP contribution in [0.5, 0.6) is 0 Å². The van der Waals surface area contributed by atoms with Gasteiger partial charge in [0.2, 0.25) is 0 Å². The quantitative estimate of drug-likeness (QED) is 0.478. The number of ether oxygens (including phenoxy) is 2. The van der Waals surface area contributed by atoms with Gasteiger partial charge in [-0.05, 0) is 39.9 Å². The molecule has 0 saturated heterocycles. The van der Waals surface area contributed by atoms with Gasteiger partial charge in [0.25, 0.3) is 0 Å². The van der Waals surface area contributed by atoms with Gasteiger partial charge in [0, 0.05) is 4.47 Å². The summed E-state index contributed by atoms with van der Waals surface area (Å²) in [4.78, 5) is 24.5. The molecule has 128 valence electrons. The SMILES string of the molecule is CCCCOC(=O)c1cc(Br)c(Cl)cc1C(=O)OCC(C)(C)C. The molecule has 0 radical (unpaired) electrons. The first-order chi connectivity index (χ1) is 10.7. The van der Waals surface area contributed by atoms with E-state index in [1.165, 1.54) is 12.1 Å². The van der Waals surface area contributed by atoms with Crippen LogP contribution in [0.1, 0.15) is 61.3 Å². The molecule has 0 fully saturated rings. The van der Waals surface area contributed by atoms with E-state index in [-0.39, 0.29) is 23.1 Å². The summed E-state index contributed by atoms with van der Waals surface area (Å²) in [6.07, 6.45) is 1.68. The number of esters is 2. The number of carbonyl (C=O) groups excluding carboxylic acids is 2. The summed E-state index contributed by atoms with van der Waals surface area (Å²) in [6, 6.07) is 2.91. The monoisotopic (exact) mass is 404 g/mol. The highest BCUT2D eigenvalue weighted by atomic mass is 79.9. The summed E-state index contributed by atoms with van der Waals surface area (Å²) in [5.41, 5.74) is 0.0941. The maximum absolute atomic E-state index is 12.3. The summed E-state index contributed by atoms with van der Waals surface area (Å²) < 4.78 is 11.0. The van der Waals surface area contributed by atoms with E-state index in [1.54, 1.807) is 0 Å². The Bertz CT molecular complexity index is 579. The average molecular weight is 406 g/mol. The molecule has 0 spiro atoms. The molecule has 0 atom stereocenters. The van der Waals surface area contributed by atoms with Gasteiger partial charge < -0.3 is 9.47 Å². The average Bonchev–Trinajstić information content (AvgIpc) is 2.46. The van der Waals surface area contributed by atoms with E-state index < -0.39 is 11.9 Å². The van der Waals surface area contributed by atoms with Crippen LogP contribution < -0.4 is 0 Å². The molecule has 6 heteroatoms. The number of benzene rings is 1. The molecular weight excluding hydrogens is 384 g/mol. The molecule has 0 amide bonds. The van der Waals surface area contributed by atoms with Crippen LogP contribution in [0, 0.1) is 5.41 Å². The molecule has 1 aromatic rings. The van der Waals surface area contributed by atoms with Crippen LogP contribution in [-0.4, -0.2) is 25.2 Å². The summed E-state index contributed by atoms with van der Waals surface area (Å²) in [7, 11) is 0. The third-order valence-electron chi connectivity index (χ3n) is 2.87. The van der Waals surface area contributed by atoms with E-state index in [2.05, 4.69) is 15.9 Å². The molecule has 0 N–H and O–H groups in total. The zero-order valence-electron chi connectivity index (χ0n) is 13.9. The number of hydrogen-bond donors (Lipinski definition) is 0. The summed E-state index contributed by atoms with van der Waals surface area (Å²) in [5.74, 6) is -1.14. The van der Waals surface area contributed by atoms with E-state index in [0.717, 1.165) is 12.8 Å². The predicted octanol–water partition coefficient (Wildman–Crippen LogP) is 5.26. The van der Waals surface area contributed by atoms with Crippen molar-refractivity contribution >= 4 is 39.5 Å². The van der Waals surface area contributed by atoms with Crippen LogP contribution in [0.15, 0.2) is 16.6 Å². The van der Waals surface area contributed by atoms with Gasteiger partial charge >= 0.3 is 11.9 Å². The van der Waals surface area contributed by atoms with Gasteiger partial charge in [-0.1, -0.05) is 45.7 Å². The molecule has 4 nitrogen and oxygen atoms in total. The number of hydrogen-bond acceptors (Lipinski definition) is 4. The van der Waals surface area contributed by atoms with Gasteiger partial charge in [0.1, 0.15) is 0 Å². The van der Waals surface area contributed by atoms with Gasteiger partial charge in [-0.15, -0.1) is 0 Å². The second kappa shape index (κ2) is 8.69. The lowest BCUT2D eigenvalue weighted by molar-refractivity contribution is 0.0352. The van der Waals surface area contributed by atoms with Gasteiger partial charge in [0.15, 0.2) is 0 Å². The molecule has 0 aromatic heterocycles. The number of halogens is 2. The highest BCUT2D eigenvalue weighted by Gasteiger charge is 2.23. The standard InChI is InChI=1S/C17H22BrClO4/c1-5-6-7-22-15(20)11-8-13(18)14(19)9-12(11)16(21)23-10-17(2,3)4/h8-9H,5-7,10H2,1-4H3. The van der Waals surface area contributed by atoms with Gasteiger partial charge in [-0.25, -0.2) is 9.59 Å². The molecule has 0 aliphatic carbocycles. The van der Waals surface area contributed by atoms with Crippen molar-refractivity contribution in [2.24, 2.45) is 5.41 Å². The third kappa shape index (κ3) is 6.51. The Morgan fingerprint density at radius 1 is 1.13 bits per heavy atom. The minimum Gasteiger partial charge on any atom is -0.462 e. The number of unbranched alkanes of at least 4 members (excludes halogenated alkanes) is 1. The minimum atomic E-state index is -0.586. The Morgan fingerprint density at radius 3 is 2.26 bits per heavy atom. The van der Waals surface area contributed by atoms with Crippen molar-refractivity contribution in [3.63, 3.8) is 0 Å². The normalized spacial score (nSPS) is 11.2. The first-order valence-electron chi connectivity index (χ1n) is 7.49. The zero-order valence-corrected chi connectivity index (χ0v) is 16.2. The summed E-state index contributed by atoms with van der Waals surface area (Å²) >= 11 is 9.30. The molecule has 0 saturated carbocycles. The van der Waals surface area contributed by atoms with E-state index in [0.29, 0.717) is 16.1 Å². The van der Waals surface area contributed by atoms with Crippen molar-refractivity contribution < 1.29 is 19.1 Å². The molecule has 0 bridgehead atoms. The molecule has 1 aromatic carbocycles. The smallest absolute Gasteiger partial charge is 0.339 e. The van der Waals surface area contributed by atoms with Crippen LogP contribution in [0.25, 0.3) is 0 Å². The van der Waals surface area contributed by atoms with E-state index in [1.807, 2.05) is 27.7 Å². The Hall–Kier alpha value is -1.07. The molecule has 0 heterocycles. The topological polar surface area (TPSA) is 52.6 Å². The highest BCUT2D eigenvalue weighted by molar-refractivity contribution is 9.10. The first-order valence-corrected chi connectivity index (χ1v) is 8.66. The van der Waals surface area contributed by atoms with Crippen molar-refractivity contribution in [2.45, 2.75) is 40.5 Å². The van der Waals surface area contributed by atoms with Crippen molar-refractivity contribution in [1.29, 1.82) is 0 Å². The summed E-state index contributed by atoms with van der Waals surface area (Å²) in [6.45, 7) is 8.41. The van der Waals surface area contributed by atoms with Crippen molar-refractivity contribution in [3.8, 4) is 0 Å². The van der Waals surface area contributed by atoms with E-state index >= 15 is 0 Å². The van der Waals surface area contributed by atoms with Crippen LogP contribution >= 0.6 is 27.5 Å². The van der Waals surface area contributed by atoms with Crippen molar-refractivity contribution in [1.82, 2.24) is 0 Å². The Morgan fingerprint density at radius 2 is 1.70 bits per heavy atom. The Labute approximate surface area is 150 Å². The molecular formula is C17H22BrClO4. The first kappa shape index (κ1) is 20.0. The Kier molecular flexibility index (Phi) is 7.55. The molecule has 1 rings (SSSR count). The van der Waals surface area contributed by atoms with Gasteiger partial charge in [0.05, 0.1) is 29.4 Å². The fourth-order valence-corrected chi connectivity index (χ4v) is 2.14. The summed E-state index contributed by atoms with van der Waals surface area (Å²) in [5, 5.41) is 0.331. The van der Waals surface area contributed by atoms with Crippen LogP contribution in [0.3, 0.4) is 0 Å². The lowest BCUT2D eigenvalue weighted by Crippen LogP contribution is -2.20. The van der Waals surface area contributed by atoms with Crippen molar-refractivity contribution in [3.05, 3.63) is 32.8 Å². The minimum absolute atomic E-state index is 0.115. The highest BCUT2D eigenvalue weighted by Crippen LogP contribution is 2.28. The largest absolute Gasteiger partial charge is 0.462 e. The lowest BCUT2D eigenvalue weighted by atomic mass is 9.98. The maximum atomic E-state index is 12.3. The lowest BCUT2D eigenvalue weighted by Gasteiger charge is -2.18.